The topological polar surface area (TPSA) is 66.6 Å². The third kappa shape index (κ3) is 5.60. The van der Waals surface area contributed by atoms with Gasteiger partial charge in [-0.15, -0.1) is 0 Å². The van der Waals surface area contributed by atoms with Gasteiger partial charge in [0.1, 0.15) is 0 Å². The Morgan fingerprint density at radius 2 is 1.75 bits per heavy atom. The molecule has 0 saturated carbocycles. The minimum atomic E-state index is -0.697. The zero-order valence-corrected chi connectivity index (χ0v) is 15.6. The Kier molecular flexibility index (Phi) is 9.01. The Morgan fingerprint density at radius 3 is 2.25 bits per heavy atom. The number of carbonyl (C=O) groups is 1. The fourth-order valence-electron chi connectivity index (χ4n) is 3.11. The summed E-state index contributed by atoms with van der Waals surface area (Å²) in [6, 6.07) is 9.18. The lowest BCUT2D eigenvalue weighted by atomic mass is 9.91. The number of aliphatic hydroxyl groups excluding tert-OH is 1. The summed E-state index contributed by atoms with van der Waals surface area (Å²) in [5, 5.41) is 10.5. The molecule has 1 aromatic carbocycles. The van der Waals surface area contributed by atoms with Gasteiger partial charge in [-0.2, -0.15) is 0 Å². The zero-order valence-electron chi connectivity index (χ0n) is 15.6. The normalized spacial score (nSPS) is 15.1. The molecule has 0 heterocycles. The highest BCUT2D eigenvalue weighted by Gasteiger charge is 2.28. The molecule has 0 fully saturated rings. The molecule has 0 spiro atoms. The number of nitrogens with zero attached hydrogens (tertiary/aromatic N) is 1. The van der Waals surface area contributed by atoms with E-state index in [0.29, 0.717) is 12.5 Å². The molecule has 1 amide bonds. The summed E-state index contributed by atoms with van der Waals surface area (Å²) in [4.78, 5) is 14.4. The summed E-state index contributed by atoms with van der Waals surface area (Å²) in [6.45, 7) is 6.62. The second-order valence-electron chi connectivity index (χ2n) is 6.74. The fourth-order valence-corrected chi connectivity index (χ4v) is 3.11. The lowest BCUT2D eigenvalue weighted by Gasteiger charge is -2.32. The van der Waals surface area contributed by atoms with Crippen molar-refractivity contribution in [3.63, 3.8) is 0 Å². The Hall–Kier alpha value is -1.39. The minimum absolute atomic E-state index is 0.0333. The van der Waals surface area contributed by atoms with Crippen LogP contribution in [0.25, 0.3) is 0 Å². The van der Waals surface area contributed by atoms with E-state index < -0.39 is 6.10 Å². The average Bonchev–Trinajstić information content (AvgIpc) is 2.63. The van der Waals surface area contributed by atoms with Crippen molar-refractivity contribution in [2.24, 2.45) is 17.6 Å². The lowest BCUT2D eigenvalue weighted by molar-refractivity contribution is -0.138. The van der Waals surface area contributed by atoms with Crippen molar-refractivity contribution in [3.05, 3.63) is 35.9 Å². The number of carbonyl (C=O) groups excluding carboxylic acids is 1. The van der Waals surface area contributed by atoms with Crippen molar-refractivity contribution in [3.8, 4) is 0 Å². The minimum Gasteiger partial charge on any atom is -0.386 e. The van der Waals surface area contributed by atoms with E-state index in [-0.39, 0.29) is 17.9 Å². The number of rotatable bonds is 10. The molecule has 0 aliphatic rings. The Bertz CT molecular complexity index is 474. The van der Waals surface area contributed by atoms with Crippen LogP contribution >= 0.6 is 0 Å². The maximum absolute atomic E-state index is 12.8. The first-order valence-corrected chi connectivity index (χ1v) is 9.15. The van der Waals surface area contributed by atoms with E-state index in [2.05, 4.69) is 13.8 Å². The summed E-state index contributed by atoms with van der Waals surface area (Å²) in [6.07, 6.45) is 3.43. The molecule has 4 nitrogen and oxygen atoms in total. The summed E-state index contributed by atoms with van der Waals surface area (Å²) in [7, 11) is 1.76. The van der Waals surface area contributed by atoms with Crippen molar-refractivity contribution in [2.45, 2.75) is 58.6 Å². The summed E-state index contributed by atoms with van der Waals surface area (Å²) in [5.74, 6) is 0.524. The number of nitrogens with two attached hydrogens (primary N) is 1. The maximum atomic E-state index is 12.8. The molecule has 136 valence electrons. The number of benzene rings is 1. The average molecular weight is 335 g/mol. The summed E-state index contributed by atoms with van der Waals surface area (Å²) in [5.41, 5.74) is 6.68. The van der Waals surface area contributed by atoms with Gasteiger partial charge in [0.25, 0.3) is 0 Å². The van der Waals surface area contributed by atoms with E-state index in [1.165, 1.54) is 0 Å². The molecule has 3 N–H and O–H groups in total. The number of hydrogen-bond donors (Lipinski definition) is 2. The second kappa shape index (κ2) is 10.5. The molecular formula is C20H34N2O2. The summed E-state index contributed by atoms with van der Waals surface area (Å²) < 4.78 is 0. The molecule has 3 atom stereocenters. The lowest BCUT2D eigenvalue weighted by Crippen LogP contribution is -2.44. The van der Waals surface area contributed by atoms with Gasteiger partial charge in [-0.05, 0) is 31.2 Å². The Labute approximate surface area is 147 Å². The first-order chi connectivity index (χ1) is 11.5. The second-order valence-corrected chi connectivity index (χ2v) is 6.74. The van der Waals surface area contributed by atoms with Crippen LogP contribution in [0.2, 0.25) is 0 Å². The number of aliphatic hydroxyl groups is 1. The molecule has 0 saturated heterocycles. The molecule has 4 heteroatoms. The van der Waals surface area contributed by atoms with Gasteiger partial charge in [0.2, 0.25) is 5.91 Å². The molecule has 1 aromatic rings. The number of hydrogen-bond acceptors (Lipinski definition) is 3. The first-order valence-electron chi connectivity index (χ1n) is 9.15. The third-order valence-corrected chi connectivity index (χ3v) is 5.27. The number of amides is 1. The quantitative estimate of drug-likeness (QED) is 0.689. The highest BCUT2D eigenvalue weighted by atomic mass is 16.3. The van der Waals surface area contributed by atoms with Crippen LogP contribution in [0.1, 0.15) is 58.1 Å². The molecule has 24 heavy (non-hydrogen) atoms. The molecular weight excluding hydrogens is 300 g/mol. The van der Waals surface area contributed by atoms with Crippen molar-refractivity contribution < 1.29 is 9.90 Å². The van der Waals surface area contributed by atoms with Crippen molar-refractivity contribution in [1.29, 1.82) is 0 Å². The molecule has 0 aromatic heterocycles. The SMILES string of the molecule is CCC(CC)CC[C@@H](CN)C(=O)N(C)[C@@H](C)[C@@H](O)c1ccccc1. The van der Waals surface area contributed by atoms with Crippen LogP contribution in [0, 0.1) is 11.8 Å². The largest absolute Gasteiger partial charge is 0.386 e. The monoisotopic (exact) mass is 334 g/mol. The van der Waals surface area contributed by atoms with Gasteiger partial charge in [-0.25, -0.2) is 0 Å². The van der Waals surface area contributed by atoms with Gasteiger partial charge in [-0.1, -0.05) is 57.0 Å². The van der Waals surface area contributed by atoms with Crippen molar-refractivity contribution >= 4 is 5.91 Å². The zero-order chi connectivity index (χ0) is 18.1. The van der Waals surface area contributed by atoms with E-state index in [0.717, 1.165) is 31.2 Å². The predicted molar refractivity (Wildman–Crippen MR) is 99.5 cm³/mol. The number of likely N-dealkylation sites (N-methyl/N-ethyl adjacent to an activating group) is 1. The summed E-state index contributed by atoms with van der Waals surface area (Å²) >= 11 is 0. The van der Waals surface area contributed by atoms with E-state index in [4.69, 9.17) is 5.73 Å². The van der Waals surface area contributed by atoms with Crippen LogP contribution in [-0.2, 0) is 4.79 Å². The van der Waals surface area contributed by atoms with Crippen LogP contribution in [0.4, 0.5) is 0 Å². The van der Waals surface area contributed by atoms with Gasteiger partial charge in [0.05, 0.1) is 18.1 Å². The van der Waals surface area contributed by atoms with Crippen molar-refractivity contribution in [1.82, 2.24) is 4.90 Å². The van der Waals surface area contributed by atoms with Gasteiger partial charge in [0.15, 0.2) is 0 Å². The van der Waals surface area contributed by atoms with E-state index in [1.807, 2.05) is 37.3 Å². The fraction of sp³-hybridized carbons (Fsp3) is 0.650. The van der Waals surface area contributed by atoms with Gasteiger partial charge in [-0.3, -0.25) is 4.79 Å². The van der Waals surface area contributed by atoms with Crippen LogP contribution in [0.3, 0.4) is 0 Å². The van der Waals surface area contributed by atoms with E-state index >= 15 is 0 Å². The highest BCUT2D eigenvalue weighted by molar-refractivity contribution is 5.79. The Morgan fingerprint density at radius 1 is 1.17 bits per heavy atom. The molecule has 1 rings (SSSR count). The third-order valence-electron chi connectivity index (χ3n) is 5.27. The molecule has 0 aliphatic carbocycles. The Balaban J connectivity index is 2.69. The van der Waals surface area contributed by atoms with E-state index in [1.54, 1.807) is 11.9 Å². The van der Waals surface area contributed by atoms with Crippen molar-refractivity contribution in [2.75, 3.05) is 13.6 Å². The van der Waals surface area contributed by atoms with Crippen LogP contribution < -0.4 is 5.73 Å². The standard InChI is InChI=1S/C20H34N2O2/c1-5-16(6-2)12-13-18(14-21)20(24)22(4)15(3)19(23)17-10-8-7-9-11-17/h7-11,15-16,18-19,23H,5-6,12-14,21H2,1-4H3/t15-,18-,19+/m0/s1. The maximum Gasteiger partial charge on any atom is 0.227 e. The predicted octanol–water partition coefficient (Wildman–Crippen LogP) is 3.36. The molecule has 0 aliphatic heterocycles. The molecule has 0 radical (unpaired) electrons. The van der Waals surface area contributed by atoms with Crippen LogP contribution in [-0.4, -0.2) is 35.5 Å². The highest BCUT2D eigenvalue weighted by Crippen LogP contribution is 2.23. The van der Waals surface area contributed by atoms with Crippen LogP contribution in [0.15, 0.2) is 30.3 Å². The van der Waals surface area contributed by atoms with Crippen LogP contribution in [0.5, 0.6) is 0 Å². The smallest absolute Gasteiger partial charge is 0.227 e. The van der Waals surface area contributed by atoms with Gasteiger partial charge >= 0.3 is 0 Å². The van der Waals surface area contributed by atoms with Gasteiger partial charge < -0.3 is 15.7 Å². The van der Waals surface area contributed by atoms with Gasteiger partial charge in [0, 0.05) is 13.6 Å². The molecule has 0 unspecified atom stereocenters. The molecule has 0 bridgehead atoms. The van der Waals surface area contributed by atoms with E-state index in [9.17, 15) is 9.90 Å². The first kappa shape index (κ1) is 20.7.